The normalized spacial score (nSPS) is 18.6. The number of nitrogens with zero attached hydrogens (tertiary/aromatic N) is 4. The average Bonchev–Trinajstić information content (AvgIpc) is 3.51. The third kappa shape index (κ3) is 4.96. The summed E-state index contributed by atoms with van der Waals surface area (Å²) in [5, 5.41) is 8.74. The standard InChI is InChI=1S/C27H33N5O3S/c1-3-35-14-13-28-23-11-9-20(10-12-23)21-15-25-26(22-17-30-31(2)18-22)19-32(27(25)29-16-21)36(33,34)24-7-5-4-6-8-24/h4-8,15-20,23,28H,3,9-14H2,1-2H3/t20-,23+. The highest BCUT2D eigenvalue weighted by Gasteiger charge is 2.26. The molecule has 0 saturated heterocycles. The number of hydrogen-bond donors (Lipinski definition) is 1. The van der Waals surface area contributed by atoms with Crippen LogP contribution in [0.4, 0.5) is 0 Å². The van der Waals surface area contributed by atoms with Crippen LogP contribution < -0.4 is 5.32 Å². The van der Waals surface area contributed by atoms with Gasteiger partial charge in [-0.1, -0.05) is 18.2 Å². The van der Waals surface area contributed by atoms with E-state index in [0.29, 0.717) is 17.6 Å². The molecule has 1 saturated carbocycles. The molecular formula is C27H33N5O3S. The second kappa shape index (κ2) is 10.5. The van der Waals surface area contributed by atoms with E-state index in [1.165, 1.54) is 3.97 Å². The molecule has 36 heavy (non-hydrogen) atoms. The summed E-state index contributed by atoms with van der Waals surface area (Å²) in [6.45, 7) is 4.39. The lowest BCUT2D eigenvalue weighted by atomic mass is 9.82. The van der Waals surface area contributed by atoms with Gasteiger partial charge in [0.25, 0.3) is 10.0 Å². The van der Waals surface area contributed by atoms with Crippen molar-refractivity contribution < 1.29 is 13.2 Å². The Kier molecular flexibility index (Phi) is 7.22. The minimum atomic E-state index is -3.80. The van der Waals surface area contributed by atoms with Crippen LogP contribution in [0.15, 0.2) is 66.1 Å². The van der Waals surface area contributed by atoms with Crippen molar-refractivity contribution in [1.82, 2.24) is 24.1 Å². The van der Waals surface area contributed by atoms with Gasteiger partial charge in [0.1, 0.15) is 0 Å². The van der Waals surface area contributed by atoms with Gasteiger partial charge >= 0.3 is 0 Å². The van der Waals surface area contributed by atoms with Crippen LogP contribution >= 0.6 is 0 Å². The van der Waals surface area contributed by atoms with E-state index < -0.39 is 10.0 Å². The Bertz CT molecular complexity index is 1420. The third-order valence-corrected chi connectivity index (χ3v) is 8.70. The predicted molar refractivity (Wildman–Crippen MR) is 140 cm³/mol. The van der Waals surface area contributed by atoms with E-state index in [1.54, 1.807) is 41.3 Å². The van der Waals surface area contributed by atoms with Crippen LogP contribution in [0.3, 0.4) is 0 Å². The van der Waals surface area contributed by atoms with Gasteiger partial charge in [-0.2, -0.15) is 5.10 Å². The molecule has 3 aromatic heterocycles. The van der Waals surface area contributed by atoms with Crippen molar-refractivity contribution in [3.05, 3.63) is 66.7 Å². The molecule has 0 radical (unpaired) electrons. The van der Waals surface area contributed by atoms with Crippen LogP contribution in [-0.2, 0) is 21.8 Å². The number of ether oxygens (including phenoxy) is 1. The predicted octanol–water partition coefficient (Wildman–Crippen LogP) is 4.33. The molecule has 0 spiro atoms. The van der Waals surface area contributed by atoms with Gasteiger partial charge in [-0.05, 0) is 62.3 Å². The molecule has 3 heterocycles. The Labute approximate surface area is 212 Å². The Morgan fingerprint density at radius 1 is 1.08 bits per heavy atom. The van der Waals surface area contributed by atoms with Gasteiger partial charge in [0, 0.05) is 61.3 Å². The van der Waals surface area contributed by atoms with Crippen molar-refractivity contribution in [2.24, 2.45) is 7.05 Å². The lowest BCUT2D eigenvalue weighted by Gasteiger charge is -2.29. The summed E-state index contributed by atoms with van der Waals surface area (Å²) in [7, 11) is -1.94. The molecule has 0 amide bonds. The van der Waals surface area contributed by atoms with Gasteiger partial charge in [-0.15, -0.1) is 0 Å². The molecule has 1 aliphatic rings. The molecule has 1 aliphatic carbocycles. The van der Waals surface area contributed by atoms with Crippen LogP contribution in [-0.4, -0.2) is 53.0 Å². The Balaban J connectivity index is 1.47. The summed E-state index contributed by atoms with van der Waals surface area (Å²) in [4.78, 5) is 4.95. The Hall–Kier alpha value is -3.01. The van der Waals surface area contributed by atoms with Crippen LogP contribution in [0, 0.1) is 0 Å². The van der Waals surface area contributed by atoms with Crippen molar-refractivity contribution in [2.75, 3.05) is 19.8 Å². The van der Waals surface area contributed by atoms with Crippen molar-refractivity contribution in [2.45, 2.75) is 49.5 Å². The molecule has 0 bridgehead atoms. The minimum absolute atomic E-state index is 0.237. The molecule has 1 fully saturated rings. The molecule has 0 aliphatic heterocycles. The second-order valence-corrected chi connectivity index (χ2v) is 11.2. The Morgan fingerprint density at radius 2 is 1.86 bits per heavy atom. The summed E-state index contributed by atoms with van der Waals surface area (Å²) < 4.78 is 35.5. The van der Waals surface area contributed by atoms with Crippen molar-refractivity contribution in [3.8, 4) is 11.1 Å². The molecule has 0 atom stereocenters. The van der Waals surface area contributed by atoms with Crippen LogP contribution in [0.25, 0.3) is 22.2 Å². The summed E-state index contributed by atoms with van der Waals surface area (Å²) >= 11 is 0. The van der Waals surface area contributed by atoms with E-state index in [-0.39, 0.29) is 4.90 Å². The highest BCUT2D eigenvalue weighted by Crippen LogP contribution is 2.37. The summed E-state index contributed by atoms with van der Waals surface area (Å²) in [6, 6.07) is 11.1. The van der Waals surface area contributed by atoms with Crippen molar-refractivity contribution in [1.29, 1.82) is 0 Å². The molecule has 8 nitrogen and oxygen atoms in total. The maximum absolute atomic E-state index is 13.5. The van der Waals surface area contributed by atoms with Crippen LogP contribution in [0.5, 0.6) is 0 Å². The van der Waals surface area contributed by atoms with Gasteiger partial charge in [0.05, 0.1) is 17.7 Å². The fourth-order valence-corrected chi connectivity index (χ4v) is 6.45. The number of aryl methyl sites for hydroxylation is 1. The lowest BCUT2D eigenvalue weighted by Crippen LogP contribution is -2.35. The molecule has 1 aromatic carbocycles. The Morgan fingerprint density at radius 3 is 2.56 bits per heavy atom. The highest BCUT2D eigenvalue weighted by molar-refractivity contribution is 7.90. The highest BCUT2D eigenvalue weighted by atomic mass is 32.2. The van der Waals surface area contributed by atoms with E-state index in [0.717, 1.165) is 67.5 Å². The smallest absolute Gasteiger partial charge is 0.269 e. The molecule has 190 valence electrons. The van der Waals surface area contributed by atoms with E-state index in [4.69, 9.17) is 9.72 Å². The first-order valence-electron chi connectivity index (χ1n) is 12.6. The van der Waals surface area contributed by atoms with E-state index in [1.807, 2.05) is 32.4 Å². The SMILES string of the molecule is CCOCCN[C@H]1CC[C@@H](c2cnc3c(c2)c(-c2cnn(C)c2)cn3S(=O)(=O)c2ccccc2)CC1. The molecule has 0 unspecified atom stereocenters. The van der Waals surface area contributed by atoms with Gasteiger partial charge in [-0.25, -0.2) is 17.4 Å². The van der Waals surface area contributed by atoms with E-state index in [9.17, 15) is 8.42 Å². The van der Waals surface area contributed by atoms with Crippen molar-refractivity contribution >= 4 is 21.1 Å². The number of benzene rings is 1. The fourth-order valence-electron chi connectivity index (χ4n) is 5.11. The van der Waals surface area contributed by atoms with Gasteiger partial charge in [-0.3, -0.25) is 4.68 Å². The minimum Gasteiger partial charge on any atom is -0.380 e. The zero-order valence-corrected chi connectivity index (χ0v) is 21.6. The molecule has 4 aromatic rings. The van der Waals surface area contributed by atoms with Gasteiger partial charge < -0.3 is 10.1 Å². The zero-order chi connectivity index (χ0) is 25.1. The monoisotopic (exact) mass is 507 g/mol. The fraction of sp³-hybridized carbons (Fsp3) is 0.407. The van der Waals surface area contributed by atoms with Crippen molar-refractivity contribution in [3.63, 3.8) is 0 Å². The zero-order valence-electron chi connectivity index (χ0n) is 20.8. The lowest BCUT2D eigenvalue weighted by molar-refractivity contribution is 0.144. The quantitative estimate of drug-likeness (QED) is 0.339. The van der Waals surface area contributed by atoms with Crippen LogP contribution in [0.1, 0.15) is 44.1 Å². The van der Waals surface area contributed by atoms with Gasteiger partial charge in [0.15, 0.2) is 5.65 Å². The van der Waals surface area contributed by atoms with E-state index >= 15 is 0 Å². The van der Waals surface area contributed by atoms with Gasteiger partial charge in [0.2, 0.25) is 0 Å². The topological polar surface area (TPSA) is 91.0 Å². The number of fused-ring (bicyclic) bond motifs is 1. The van der Waals surface area contributed by atoms with Crippen LogP contribution in [0.2, 0.25) is 0 Å². The number of pyridine rings is 1. The first-order valence-corrected chi connectivity index (χ1v) is 14.0. The molecule has 1 N–H and O–H groups in total. The largest absolute Gasteiger partial charge is 0.380 e. The van der Waals surface area contributed by atoms with E-state index in [2.05, 4.69) is 16.5 Å². The molecular weight excluding hydrogens is 474 g/mol. The first kappa shape index (κ1) is 24.7. The molecule has 9 heteroatoms. The third-order valence-electron chi connectivity index (χ3n) is 7.03. The number of rotatable bonds is 9. The maximum atomic E-state index is 13.5. The number of aromatic nitrogens is 4. The average molecular weight is 508 g/mol. The first-order chi connectivity index (χ1) is 17.5. The number of nitrogens with one attached hydrogen (secondary N) is 1. The second-order valence-electron chi connectivity index (χ2n) is 9.40. The maximum Gasteiger partial charge on any atom is 0.269 e. The summed E-state index contributed by atoms with van der Waals surface area (Å²) in [6.07, 6.45) is 11.6. The number of hydrogen-bond acceptors (Lipinski definition) is 6. The summed E-state index contributed by atoms with van der Waals surface area (Å²) in [5.74, 6) is 0.405. The molecule has 5 rings (SSSR count). The summed E-state index contributed by atoms with van der Waals surface area (Å²) in [5.41, 5.74) is 3.28.